The lowest BCUT2D eigenvalue weighted by Gasteiger charge is -2.17. The van der Waals surface area contributed by atoms with Crippen LogP contribution in [-0.2, 0) is 9.13 Å². The van der Waals surface area contributed by atoms with Crippen molar-refractivity contribution in [3.05, 3.63) is 0 Å². The van der Waals surface area contributed by atoms with Crippen LogP contribution in [0.15, 0.2) is 0 Å². The van der Waals surface area contributed by atoms with Crippen molar-refractivity contribution in [3.8, 4) is 0 Å². The predicted molar refractivity (Wildman–Crippen MR) is 113 cm³/mol. The molecule has 0 heterocycles. The molecule has 0 saturated heterocycles. The summed E-state index contributed by atoms with van der Waals surface area (Å²) < 4.78 is 21.1. The van der Waals surface area contributed by atoms with Gasteiger partial charge in [-0.15, -0.1) is 0 Å². The Labute approximate surface area is 161 Å². The molecule has 0 bridgehead atoms. The van der Waals surface area contributed by atoms with Gasteiger partial charge in [-0.3, -0.25) is 9.13 Å². The van der Waals surface area contributed by atoms with E-state index in [1.807, 2.05) is 0 Å². The van der Waals surface area contributed by atoms with E-state index in [2.05, 4.69) is 0 Å². The molecule has 2 rings (SSSR count). The third kappa shape index (κ3) is 15.4. The number of hydrogen-bond acceptors (Lipinski definition) is 4. The second kappa shape index (κ2) is 18.7. The topological polar surface area (TPSA) is 127 Å². The molecule has 6 N–H and O–H groups in total. The predicted octanol–water partition coefficient (Wildman–Crippen LogP) is 4.04. The maximum absolute atomic E-state index is 10.5. The summed E-state index contributed by atoms with van der Waals surface area (Å²) in [5.74, 6) is 0. The van der Waals surface area contributed by atoms with Crippen molar-refractivity contribution in [1.82, 2.24) is 0 Å². The molecule has 2 unspecified atom stereocenters. The van der Waals surface area contributed by atoms with Crippen LogP contribution < -0.4 is 11.5 Å². The van der Waals surface area contributed by atoms with Crippen LogP contribution in [-0.4, -0.2) is 34.2 Å². The number of rotatable bonds is 7. The molecule has 2 atom stereocenters. The van der Waals surface area contributed by atoms with Crippen LogP contribution in [0.4, 0.5) is 0 Å². The maximum Gasteiger partial charge on any atom is 0.192 e. The molecular weight excluding hydrogens is 370 g/mol. The Morgan fingerprint density at radius 2 is 0.923 bits per heavy atom. The minimum absolute atomic E-state index is 0.156. The highest BCUT2D eigenvalue weighted by Gasteiger charge is 2.17. The van der Waals surface area contributed by atoms with Gasteiger partial charge < -0.3 is 21.3 Å². The van der Waals surface area contributed by atoms with Gasteiger partial charge in [0.25, 0.3) is 0 Å². The summed E-state index contributed by atoms with van der Waals surface area (Å²) in [5, 5.41) is 0. The Hall–Kier alpha value is 0.300. The Kier molecular flexibility index (Phi) is 18.9. The van der Waals surface area contributed by atoms with E-state index in [9.17, 15) is 9.13 Å². The van der Waals surface area contributed by atoms with Crippen LogP contribution in [0.5, 0.6) is 0 Å². The lowest BCUT2D eigenvalue weighted by atomic mass is 10.0. The van der Waals surface area contributed by atoms with E-state index in [0.29, 0.717) is 0 Å². The molecule has 2 aliphatic rings. The van der Waals surface area contributed by atoms with E-state index in [-0.39, 0.29) is 11.3 Å². The lowest BCUT2D eigenvalue weighted by molar-refractivity contribution is 0.441. The molecule has 26 heavy (non-hydrogen) atoms. The summed E-state index contributed by atoms with van der Waals surface area (Å²) in [6.45, 7) is 1.65. The molecule has 8 heteroatoms. The third-order valence-corrected chi connectivity index (χ3v) is 7.62. The van der Waals surface area contributed by atoms with Crippen molar-refractivity contribution in [2.24, 2.45) is 11.5 Å². The van der Waals surface area contributed by atoms with Crippen molar-refractivity contribution in [2.45, 2.75) is 101 Å². The highest BCUT2D eigenvalue weighted by atomic mass is 31.1. The van der Waals surface area contributed by atoms with Crippen molar-refractivity contribution in [1.29, 1.82) is 0 Å². The molecule has 0 aromatic rings. The van der Waals surface area contributed by atoms with Gasteiger partial charge in [0.15, 0.2) is 16.1 Å². The first kappa shape index (κ1) is 26.3. The molecule has 2 saturated carbocycles. The van der Waals surface area contributed by atoms with Crippen LogP contribution in [0.3, 0.4) is 0 Å². The van der Waals surface area contributed by atoms with Gasteiger partial charge in [0.1, 0.15) is 0 Å². The second-order valence-corrected chi connectivity index (χ2v) is 10.3. The Morgan fingerprint density at radius 1 is 0.615 bits per heavy atom. The molecule has 0 radical (unpaired) electrons. The fraction of sp³-hybridized carbons (Fsp3) is 1.00. The highest BCUT2D eigenvalue weighted by molar-refractivity contribution is 7.39. The van der Waals surface area contributed by atoms with Crippen LogP contribution >= 0.6 is 16.1 Å². The summed E-state index contributed by atoms with van der Waals surface area (Å²) >= 11 is 0. The van der Waals surface area contributed by atoms with Crippen LogP contribution in [0.25, 0.3) is 0 Å². The standard InChI is InChI=1S/C6H16N2.2C6H13O2P/c7-5-3-1-2-4-6-8;2*7-9(8)6-4-2-1-3-5-6/h1-8H2;2*6,9H,1-5H2,(H,7,8). The molecule has 0 amide bonds. The fourth-order valence-electron chi connectivity index (χ4n) is 3.34. The average Bonchev–Trinajstić information content (AvgIpc) is 2.68. The monoisotopic (exact) mass is 412 g/mol. The summed E-state index contributed by atoms with van der Waals surface area (Å²) in [5.41, 5.74) is 10.9. The van der Waals surface area contributed by atoms with Crippen molar-refractivity contribution >= 4 is 16.1 Å². The van der Waals surface area contributed by atoms with Gasteiger partial charge in [0.2, 0.25) is 0 Å². The second-order valence-electron chi connectivity index (χ2n) is 7.34. The average molecular weight is 412 g/mol. The quantitative estimate of drug-likeness (QED) is 0.369. The highest BCUT2D eigenvalue weighted by Crippen LogP contribution is 2.35. The zero-order valence-electron chi connectivity index (χ0n) is 16.3. The summed E-state index contributed by atoms with van der Waals surface area (Å²) in [4.78, 5) is 17.4. The van der Waals surface area contributed by atoms with Crippen LogP contribution in [0.2, 0.25) is 0 Å². The van der Waals surface area contributed by atoms with E-state index >= 15 is 0 Å². The Morgan fingerprint density at radius 3 is 1.12 bits per heavy atom. The summed E-state index contributed by atoms with van der Waals surface area (Å²) in [7, 11) is -4.37. The van der Waals surface area contributed by atoms with Gasteiger partial charge in [-0.1, -0.05) is 51.4 Å². The van der Waals surface area contributed by atoms with E-state index in [4.69, 9.17) is 21.3 Å². The minimum Gasteiger partial charge on any atom is -0.346 e. The Bertz CT molecular complexity index is 327. The summed E-state index contributed by atoms with van der Waals surface area (Å²) in [6, 6.07) is 0. The van der Waals surface area contributed by atoms with Gasteiger partial charge in [0, 0.05) is 11.3 Å². The first-order chi connectivity index (χ1) is 12.5. The van der Waals surface area contributed by atoms with Crippen LogP contribution in [0.1, 0.15) is 89.9 Å². The summed E-state index contributed by atoms with van der Waals surface area (Å²) in [6.07, 6.45) is 15.8. The Balaban J connectivity index is 0.000000362. The maximum atomic E-state index is 10.5. The number of nitrogens with two attached hydrogens (primary N) is 2. The molecule has 0 spiro atoms. The van der Waals surface area contributed by atoms with Crippen molar-refractivity contribution in [3.63, 3.8) is 0 Å². The molecule has 0 aromatic heterocycles. The van der Waals surface area contributed by atoms with Gasteiger partial charge in [0.05, 0.1) is 0 Å². The minimum atomic E-state index is -2.19. The normalized spacial score (nSPS) is 20.9. The first-order valence-corrected chi connectivity index (χ1v) is 13.2. The zero-order valence-corrected chi connectivity index (χ0v) is 18.3. The van der Waals surface area contributed by atoms with Gasteiger partial charge in [-0.2, -0.15) is 0 Å². The molecule has 2 fully saturated rings. The lowest BCUT2D eigenvalue weighted by Crippen LogP contribution is -2.06. The smallest absolute Gasteiger partial charge is 0.192 e. The van der Waals surface area contributed by atoms with Gasteiger partial charge in [-0.05, 0) is 51.6 Å². The number of hydrogen-bond donors (Lipinski definition) is 4. The zero-order chi connectivity index (χ0) is 19.6. The van der Waals surface area contributed by atoms with Crippen molar-refractivity contribution < 1.29 is 18.9 Å². The SMILES string of the molecule is NCCCCCCN.O=[PH](O)C1CCCCC1.O=[PH](O)C1CCCCC1. The van der Waals surface area contributed by atoms with E-state index in [0.717, 1.165) is 77.3 Å². The van der Waals surface area contributed by atoms with Gasteiger partial charge in [-0.25, -0.2) is 0 Å². The molecule has 6 nitrogen and oxygen atoms in total. The molecular formula is C18H42N2O4P2. The molecule has 2 aliphatic carbocycles. The largest absolute Gasteiger partial charge is 0.346 e. The fourth-order valence-corrected chi connectivity index (χ4v) is 5.15. The van der Waals surface area contributed by atoms with Crippen LogP contribution in [0, 0.1) is 0 Å². The molecule has 158 valence electrons. The third-order valence-electron chi connectivity index (χ3n) is 5.07. The van der Waals surface area contributed by atoms with E-state index in [1.54, 1.807) is 0 Å². The first-order valence-electron chi connectivity index (χ1n) is 10.4. The van der Waals surface area contributed by atoms with Gasteiger partial charge >= 0.3 is 0 Å². The number of unbranched alkanes of at least 4 members (excludes halogenated alkanes) is 3. The van der Waals surface area contributed by atoms with E-state index in [1.165, 1.54) is 25.7 Å². The molecule has 0 aromatic carbocycles. The molecule has 0 aliphatic heterocycles. The van der Waals surface area contributed by atoms with Crippen molar-refractivity contribution in [2.75, 3.05) is 13.1 Å². The van der Waals surface area contributed by atoms with E-state index < -0.39 is 16.1 Å².